The molecule has 1 rings (SSSR count). The number of para-hydroxylation sites is 1. The highest BCUT2D eigenvalue weighted by Crippen LogP contribution is 2.26. The molecule has 0 aliphatic heterocycles. The lowest BCUT2D eigenvalue weighted by molar-refractivity contribution is 0.547. The van der Waals surface area contributed by atoms with Crippen molar-refractivity contribution in [3.05, 3.63) is 23.8 Å². The number of anilines is 2. The van der Waals surface area contributed by atoms with E-state index in [1.165, 1.54) is 0 Å². The third-order valence-electron chi connectivity index (χ3n) is 2.58. The van der Waals surface area contributed by atoms with Crippen LogP contribution < -0.4 is 11.1 Å². The Kier molecular flexibility index (Phi) is 3.21. The Hall–Kier alpha value is -1.69. The van der Waals surface area contributed by atoms with Gasteiger partial charge in [0.15, 0.2) is 0 Å². The molecular weight excluding hydrogens is 186 g/mol. The monoisotopic (exact) mass is 203 g/mol. The lowest BCUT2D eigenvalue weighted by atomic mass is 10.0. The van der Waals surface area contributed by atoms with Crippen LogP contribution >= 0.6 is 0 Å². The minimum absolute atomic E-state index is 0.0117. The fraction of sp³-hybridized carbons (Fsp3) is 0.417. The third-order valence-corrected chi connectivity index (χ3v) is 2.58. The summed E-state index contributed by atoms with van der Waals surface area (Å²) in [4.78, 5) is 0. The Bertz CT molecular complexity index is 388. The van der Waals surface area contributed by atoms with Crippen LogP contribution in [-0.4, -0.2) is 5.54 Å². The van der Waals surface area contributed by atoms with Crippen molar-refractivity contribution in [3.8, 4) is 6.07 Å². The quantitative estimate of drug-likeness (QED) is 0.742. The van der Waals surface area contributed by atoms with E-state index in [1.54, 1.807) is 6.07 Å². The predicted molar refractivity (Wildman–Crippen MR) is 63.6 cm³/mol. The molecule has 80 valence electrons. The summed E-state index contributed by atoms with van der Waals surface area (Å²) in [6, 6.07) is 7.53. The number of rotatable bonds is 3. The Morgan fingerprint density at radius 1 is 1.47 bits per heavy atom. The molecule has 0 aliphatic carbocycles. The van der Waals surface area contributed by atoms with E-state index in [1.807, 2.05) is 12.1 Å². The number of nitrogen functional groups attached to an aromatic ring is 1. The van der Waals surface area contributed by atoms with Gasteiger partial charge in [-0.25, -0.2) is 0 Å². The second-order valence-electron chi connectivity index (χ2n) is 4.24. The van der Waals surface area contributed by atoms with Crippen molar-refractivity contribution in [3.63, 3.8) is 0 Å². The summed E-state index contributed by atoms with van der Waals surface area (Å²) >= 11 is 0. The summed E-state index contributed by atoms with van der Waals surface area (Å²) in [7, 11) is 0. The molecule has 1 aromatic carbocycles. The first-order chi connectivity index (χ1) is 7.00. The zero-order valence-electron chi connectivity index (χ0n) is 9.46. The predicted octanol–water partition coefficient (Wildman–Crippen LogP) is 2.74. The molecule has 0 saturated carbocycles. The highest BCUT2D eigenvalue weighted by atomic mass is 15.0. The van der Waals surface area contributed by atoms with Crippen molar-refractivity contribution in [1.82, 2.24) is 0 Å². The van der Waals surface area contributed by atoms with E-state index >= 15 is 0 Å². The largest absolute Gasteiger partial charge is 0.396 e. The van der Waals surface area contributed by atoms with Gasteiger partial charge in [0.25, 0.3) is 0 Å². The number of nitriles is 1. The molecule has 0 bridgehead atoms. The fourth-order valence-electron chi connectivity index (χ4n) is 1.22. The van der Waals surface area contributed by atoms with E-state index < -0.39 is 0 Å². The second kappa shape index (κ2) is 4.22. The highest BCUT2D eigenvalue weighted by Gasteiger charge is 2.16. The number of nitrogens with zero attached hydrogens (tertiary/aromatic N) is 1. The summed E-state index contributed by atoms with van der Waals surface area (Å²) in [6.45, 7) is 6.31. The van der Waals surface area contributed by atoms with Crippen molar-refractivity contribution in [2.24, 2.45) is 0 Å². The SMILES string of the molecule is CCC(C)(C)Nc1cccc(C#N)c1N. The van der Waals surface area contributed by atoms with Gasteiger partial charge in [0.05, 0.1) is 16.9 Å². The molecule has 3 nitrogen and oxygen atoms in total. The van der Waals surface area contributed by atoms with Crippen molar-refractivity contribution in [2.75, 3.05) is 11.1 Å². The van der Waals surface area contributed by atoms with Crippen molar-refractivity contribution in [2.45, 2.75) is 32.7 Å². The van der Waals surface area contributed by atoms with Gasteiger partial charge >= 0.3 is 0 Å². The van der Waals surface area contributed by atoms with Gasteiger partial charge in [-0.15, -0.1) is 0 Å². The lowest BCUT2D eigenvalue weighted by Crippen LogP contribution is -2.30. The van der Waals surface area contributed by atoms with Crippen LogP contribution in [0.2, 0.25) is 0 Å². The van der Waals surface area contributed by atoms with Gasteiger partial charge in [-0.3, -0.25) is 0 Å². The third kappa shape index (κ3) is 2.63. The van der Waals surface area contributed by atoms with Crippen molar-refractivity contribution >= 4 is 11.4 Å². The normalized spacial score (nSPS) is 10.8. The number of benzene rings is 1. The first kappa shape index (κ1) is 11.4. The minimum atomic E-state index is -0.0117. The topological polar surface area (TPSA) is 61.8 Å². The first-order valence-corrected chi connectivity index (χ1v) is 5.07. The molecule has 0 unspecified atom stereocenters. The molecular formula is C12H17N3. The second-order valence-corrected chi connectivity index (χ2v) is 4.24. The summed E-state index contributed by atoms with van der Waals surface area (Å²) in [5.41, 5.74) is 7.74. The maximum absolute atomic E-state index is 8.84. The van der Waals surface area contributed by atoms with Gasteiger partial charge in [0, 0.05) is 5.54 Å². The van der Waals surface area contributed by atoms with Crippen LogP contribution in [0.3, 0.4) is 0 Å². The number of hydrogen-bond acceptors (Lipinski definition) is 3. The van der Waals surface area contributed by atoms with Gasteiger partial charge in [0.1, 0.15) is 6.07 Å². The average molecular weight is 203 g/mol. The molecule has 0 amide bonds. The van der Waals surface area contributed by atoms with E-state index in [0.29, 0.717) is 11.3 Å². The Morgan fingerprint density at radius 2 is 2.13 bits per heavy atom. The molecule has 1 aromatic rings. The molecule has 0 spiro atoms. The molecule has 15 heavy (non-hydrogen) atoms. The van der Waals surface area contributed by atoms with Crippen molar-refractivity contribution in [1.29, 1.82) is 5.26 Å². The molecule has 3 N–H and O–H groups in total. The van der Waals surface area contributed by atoms with Crippen LogP contribution in [0.1, 0.15) is 32.8 Å². The van der Waals surface area contributed by atoms with Gasteiger partial charge in [-0.05, 0) is 32.4 Å². The Labute approximate surface area is 90.9 Å². The Morgan fingerprint density at radius 3 is 2.67 bits per heavy atom. The van der Waals surface area contributed by atoms with E-state index in [-0.39, 0.29) is 5.54 Å². The van der Waals surface area contributed by atoms with Crippen LogP contribution in [0.4, 0.5) is 11.4 Å². The minimum Gasteiger partial charge on any atom is -0.396 e. The number of nitrogens with two attached hydrogens (primary N) is 1. The van der Waals surface area contributed by atoms with E-state index in [0.717, 1.165) is 12.1 Å². The highest BCUT2D eigenvalue weighted by molar-refractivity contribution is 5.73. The van der Waals surface area contributed by atoms with Crippen LogP contribution in [0, 0.1) is 11.3 Å². The molecule has 0 atom stereocenters. The molecule has 0 heterocycles. The smallest absolute Gasteiger partial charge is 0.101 e. The van der Waals surface area contributed by atoms with Gasteiger partial charge < -0.3 is 11.1 Å². The number of nitrogens with one attached hydrogen (secondary N) is 1. The van der Waals surface area contributed by atoms with Gasteiger partial charge in [-0.2, -0.15) is 5.26 Å². The maximum atomic E-state index is 8.84. The van der Waals surface area contributed by atoms with Crippen LogP contribution in [0.15, 0.2) is 18.2 Å². The van der Waals surface area contributed by atoms with E-state index in [2.05, 4.69) is 32.2 Å². The average Bonchev–Trinajstić information content (AvgIpc) is 2.21. The van der Waals surface area contributed by atoms with Gasteiger partial charge in [-0.1, -0.05) is 13.0 Å². The lowest BCUT2D eigenvalue weighted by Gasteiger charge is -2.26. The maximum Gasteiger partial charge on any atom is 0.101 e. The summed E-state index contributed by atoms with van der Waals surface area (Å²) in [5.74, 6) is 0. The fourth-order valence-corrected chi connectivity index (χ4v) is 1.22. The zero-order valence-corrected chi connectivity index (χ0v) is 9.46. The molecule has 0 saturated heterocycles. The molecule has 0 aromatic heterocycles. The van der Waals surface area contributed by atoms with Crippen LogP contribution in [0.5, 0.6) is 0 Å². The van der Waals surface area contributed by atoms with E-state index in [9.17, 15) is 0 Å². The summed E-state index contributed by atoms with van der Waals surface area (Å²) in [5, 5.41) is 12.2. The van der Waals surface area contributed by atoms with Crippen LogP contribution in [-0.2, 0) is 0 Å². The summed E-state index contributed by atoms with van der Waals surface area (Å²) < 4.78 is 0. The molecule has 0 radical (unpaired) electrons. The van der Waals surface area contributed by atoms with Crippen molar-refractivity contribution < 1.29 is 0 Å². The van der Waals surface area contributed by atoms with Crippen LogP contribution in [0.25, 0.3) is 0 Å². The first-order valence-electron chi connectivity index (χ1n) is 5.07. The molecule has 3 heteroatoms. The Balaban J connectivity index is 3.02. The molecule has 0 fully saturated rings. The van der Waals surface area contributed by atoms with E-state index in [4.69, 9.17) is 11.0 Å². The zero-order chi connectivity index (χ0) is 11.5. The summed E-state index contributed by atoms with van der Waals surface area (Å²) in [6.07, 6.45) is 0.989. The van der Waals surface area contributed by atoms with Gasteiger partial charge in [0.2, 0.25) is 0 Å². The standard InChI is InChI=1S/C12H17N3/c1-4-12(2,3)15-10-7-5-6-9(8-13)11(10)14/h5-7,15H,4,14H2,1-3H3. The number of hydrogen-bond donors (Lipinski definition) is 2. The molecule has 0 aliphatic rings.